The molecule has 24 heavy (non-hydrogen) atoms. The van der Waals surface area contributed by atoms with Gasteiger partial charge in [0.15, 0.2) is 8.32 Å². The third-order valence-electron chi connectivity index (χ3n) is 5.31. The first-order valence-corrected chi connectivity index (χ1v) is 11.6. The SMILES string of the molecule is CC(C)(C)[Si](C)(C)O[C@@H](c1ccccc1)[C@@H]1O[C@H]1c1ccccc1. The number of epoxide rings is 1. The molecule has 0 aromatic heterocycles. The molecule has 0 aliphatic carbocycles. The Morgan fingerprint density at radius 1 is 0.917 bits per heavy atom. The summed E-state index contributed by atoms with van der Waals surface area (Å²) in [6.07, 6.45) is 0.238. The Hall–Kier alpha value is -1.42. The lowest BCUT2D eigenvalue weighted by atomic mass is 10.0. The van der Waals surface area contributed by atoms with Gasteiger partial charge in [-0.05, 0) is 29.3 Å². The zero-order valence-electron chi connectivity index (χ0n) is 15.3. The molecule has 2 nitrogen and oxygen atoms in total. The number of hydrogen-bond acceptors (Lipinski definition) is 2. The summed E-state index contributed by atoms with van der Waals surface area (Å²) >= 11 is 0. The Morgan fingerprint density at radius 2 is 1.46 bits per heavy atom. The second kappa shape index (κ2) is 6.47. The number of hydrogen-bond donors (Lipinski definition) is 0. The summed E-state index contributed by atoms with van der Waals surface area (Å²) in [5.74, 6) is 0. The van der Waals surface area contributed by atoms with Gasteiger partial charge in [-0.3, -0.25) is 0 Å². The molecule has 1 aliphatic rings. The minimum Gasteiger partial charge on any atom is -0.407 e. The van der Waals surface area contributed by atoms with Gasteiger partial charge in [0.05, 0.1) is 6.10 Å². The lowest BCUT2D eigenvalue weighted by Gasteiger charge is -2.39. The molecule has 1 aliphatic heterocycles. The lowest BCUT2D eigenvalue weighted by Crippen LogP contribution is -2.42. The fourth-order valence-corrected chi connectivity index (χ4v) is 3.99. The molecule has 0 N–H and O–H groups in total. The molecule has 2 aromatic carbocycles. The van der Waals surface area contributed by atoms with Gasteiger partial charge in [0.1, 0.15) is 12.2 Å². The maximum Gasteiger partial charge on any atom is 0.193 e. The van der Waals surface area contributed by atoms with E-state index in [1.54, 1.807) is 0 Å². The molecule has 0 radical (unpaired) electrons. The first kappa shape index (κ1) is 17.4. The molecule has 3 heteroatoms. The summed E-state index contributed by atoms with van der Waals surface area (Å²) in [5.41, 5.74) is 2.45. The van der Waals surface area contributed by atoms with Crippen LogP contribution in [0.1, 0.15) is 44.1 Å². The van der Waals surface area contributed by atoms with Crippen LogP contribution < -0.4 is 0 Å². The molecular weight excluding hydrogens is 312 g/mol. The molecule has 128 valence electrons. The van der Waals surface area contributed by atoms with E-state index in [9.17, 15) is 0 Å². The normalized spacial score (nSPS) is 22.2. The van der Waals surface area contributed by atoms with Crippen molar-refractivity contribution < 1.29 is 9.16 Å². The van der Waals surface area contributed by atoms with E-state index in [4.69, 9.17) is 9.16 Å². The van der Waals surface area contributed by atoms with Crippen LogP contribution in [0.2, 0.25) is 18.1 Å². The van der Waals surface area contributed by atoms with Crippen LogP contribution in [0, 0.1) is 0 Å². The zero-order valence-corrected chi connectivity index (χ0v) is 16.3. The first-order chi connectivity index (χ1) is 11.3. The van der Waals surface area contributed by atoms with Gasteiger partial charge in [-0.15, -0.1) is 0 Å². The summed E-state index contributed by atoms with van der Waals surface area (Å²) < 4.78 is 12.9. The zero-order chi connectivity index (χ0) is 17.4. The monoisotopic (exact) mass is 340 g/mol. The molecule has 1 fully saturated rings. The van der Waals surface area contributed by atoms with E-state index in [0.717, 1.165) is 0 Å². The van der Waals surface area contributed by atoms with Crippen molar-refractivity contribution in [3.8, 4) is 0 Å². The van der Waals surface area contributed by atoms with E-state index in [0.29, 0.717) is 0 Å². The van der Waals surface area contributed by atoms with Crippen LogP contribution in [0.15, 0.2) is 60.7 Å². The Morgan fingerprint density at radius 3 is 2.00 bits per heavy atom. The van der Waals surface area contributed by atoms with Crippen LogP contribution in [0.3, 0.4) is 0 Å². The van der Waals surface area contributed by atoms with Crippen LogP contribution in [-0.2, 0) is 9.16 Å². The van der Waals surface area contributed by atoms with Gasteiger partial charge in [0.25, 0.3) is 0 Å². The largest absolute Gasteiger partial charge is 0.407 e. The van der Waals surface area contributed by atoms with E-state index in [2.05, 4.69) is 88.5 Å². The Balaban J connectivity index is 1.85. The van der Waals surface area contributed by atoms with Crippen LogP contribution in [0.4, 0.5) is 0 Å². The minimum absolute atomic E-state index is 0.00250. The minimum atomic E-state index is -1.88. The van der Waals surface area contributed by atoms with E-state index >= 15 is 0 Å². The molecular formula is C21H28O2Si. The standard InChI is InChI=1S/C21H28O2Si/c1-21(2,3)24(4,5)23-19(17-14-10-7-11-15-17)20-18(22-20)16-12-8-6-9-13-16/h6-15,18-20H,1-5H3/t18-,19-,20+/m0/s1. The van der Waals surface area contributed by atoms with E-state index in [1.165, 1.54) is 11.1 Å². The molecule has 0 unspecified atom stereocenters. The van der Waals surface area contributed by atoms with E-state index in [-0.39, 0.29) is 23.4 Å². The van der Waals surface area contributed by atoms with Crippen molar-refractivity contribution >= 4 is 8.32 Å². The van der Waals surface area contributed by atoms with Crippen molar-refractivity contribution in [1.82, 2.24) is 0 Å². The summed E-state index contributed by atoms with van der Waals surface area (Å²) in [5, 5.41) is 0.178. The Bertz CT molecular complexity index is 661. The summed E-state index contributed by atoms with van der Waals surface area (Å²) in [4.78, 5) is 0. The maximum absolute atomic E-state index is 6.78. The molecule has 1 heterocycles. The molecule has 0 saturated carbocycles. The fraction of sp³-hybridized carbons (Fsp3) is 0.429. The predicted molar refractivity (Wildman–Crippen MR) is 102 cm³/mol. The van der Waals surface area contributed by atoms with Gasteiger partial charge in [0, 0.05) is 0 Å². The van der Waals surface area contributed by atoms with Crippen LogP contribution in [-0.4, -0.2) is 14.4 Å². The quantitative estimate of drug-likeness (QED) is 0.500. The molecule has 0 amide bonds. The van der Waals surface area contributed by atoms with Gasteiger partial charge in [-0.2, -0.15) is 0 Å². The second-order valence-electron chi connectivity index (χ2n) is 8.14. The molecule has 2 aromatic rings. The number of ether oxygens (including phenoxy) is 1. The van der Waals surface area contributed by atoms with Gasteiger partial charge in [0.2, 0.25) is 0 Å². The highest BCUT2D eigenvalue weighted by atomic mass is 28.4. The van der Waals surface area contributed by atoms with Gasteiger partial charge in [-0.25, -0.2) is 0 Å². The highest BCUT2D eigenvalue weighted by molar-refractivity contribution is 6.74. The van der Waals surface area contributed by atoms with Crippen molar-refractivity contribution in [2.75, 3.05) is 0 Å². The average Bonchev–Trinajstić information content (AvgIpc) is 3.34. The highest BCUT2D eigenvalue weighted by Gasteiger charge is 2.50. The van der Waals surface area contributed by atoms with Gasteiger partial charge in [-0.1, -0.05) is 81.4 Å². The lowest BCUT2D eigenvalue weighted by molar-refractivity contribution is 0.144. The fourth-order valence-electron chi connectivity index (χ4n) is 2.73. The van der Waals surface area contributed by atoms with Crippen LogP contribution in [0.5, 0.6) is 0 Å². The summed E-state index contributed by atoms with van der Waals surface area (Å²) in [7, 11) is -1.88. The van der Waals surface area contributed by atoms with Gasteiger partial charge < -0.3 is 9.16 Å². The van der Waals surface area contributed by atoms with Gasteiger partial charge >= 0.3 is 0 Å². The van der Waals surface area contributed by atoms with Crippen molar-refractivity contribution in [3.05, 3.63) is 71.8 Å². The molecule has 1 saturated heterocycles. The molecule has 0 bridgehead atoms. The molecule has 0 spiro atoms. The van der Waals surface area contributed by atoms with E-state index < -0.39 is 8.32 Å². The summed E-state index contributed by atoms with van der Waals surface area (Å²) in [6, 6.07) is 21.0. The third-order valence-corrected chi connectivity index (χ3v) is 9.76. The maximum atomic E-state index is 6.78. The van der Waals surface area contributed by atoms with Crippen molar-refractivity contribution in [1.29, 1.82) is 0 Å². The third kappa shape index (κ3) is 3.64. The topological polar surface area (TPSA) is 21.8 Å². The Labute approximate surface area is 146 Å². The van der Waals surface area contributed by atoms with Crippen molar-refractivity contribution in [2.45, 2.75) is 57.2 Å². The first-order valence-electron chi connectivity index (χ1n) is 8.73. The van der Waals surface area contributed by atoms with Crippen LogP contribution >= 0.6 is 0 Å². The van der Waals surface area contributed by atoms with Crippen molar-refractivity contribution in [3.63, 3.8) is 0 Å². The predicted octanol–water partition coefficient (Wildman–Crippen LogP) is 5.89. The second-order valence-corrected chi connectivity index (χ2v) is 12.9. The van der Waals surface area contributed by atoms with Crippen LogP contribution in [0.25, 0.3) is 0 Å². The molecule has 3 rings (SSSR count). The summed E-state index contributed by atoms with van der Waals surface area (Å²) in [6.45, 7) is 11.5. The highest BCUT2D eigenvalue weighted by Crippen LogP contribution is 2.50. The average molecular weight is 341 g/mol. The Kier molecular flexibility index (Phi) is 4.69. The van der Waals surface area contributed by atoms with Crippen molar-refractivity contribution in [2.24, 2.45) is 0 Å². The smallest absolute Gasteiger partial charge is 0.193 e. The number of benzene rings is 2. The number of rotatable bonds is 5. The van der Waals surface area contributed by atoms with E-state index in [1.807, 2.05) is 6.07 Å². The molecule has 3 atom stereocenters.